The lowest BCUT2D eigenvalue weighted by Gasteiger charge is -2.54. The molecule has 4 bridgehead atoms. The molecule has 4 nitrogen and oxygen atoms in total. The molecule has 5 fully saturated rings. The zero-order chi connectivity index (χ0) is 16.8. The number of likely N-dealkylation sites (tertiary alicyclic amines) is 1. The maximum absolute atomic E-state index is 12.8. The summed E-state index contributed by atoms with van der Waals surface area (Å²) in [5.41, 5.74) is 1.30. The van der Waals surface area contributed by atoms with E-state index < -0.39 is 0 Å². The van der Waals surface area contributed by atoms with E-state index in [2.05, 4.69) is 27.3 Å². The fourth-order valence-electron chi connectivity index (χ4n) is 6.56. The summed E-state index contributed by atoms with van der Waals surface area (Å²) in [5, 5.41) is 3.47. The van der Waals surface area contributed by atoms with Gasteiger partial charge in [-0.3, -0.25) is 14.7 Å². The number of carbonyl (C=O) groups is 1. The van der Waals surface area contributed by atoms with Gasteiger partial charge in [0.2, 0.25) is 5.91 Å². The van der Waals surface area contributed by atoms with Crippen LogP contribution < -0.4 is 5.32 Å². The number of nitrogens with one attached hydrogen (secondary N) is 1. The van der Waals surface area contributed by atoms with Gasteiger partial charge in [0.25, 0.3) is 0 Å². The fraction of sp³-hybridized carbons (Fsp3) is 0.714. The maximum Gasteiger partial charge on any atom is 0.234 e. The highest BCUT2D eigenvalue weighted by molar-refractivity contribution is 5.78. The van der Waals surface area contributed by atoms with Gasteiger partial charge in [0.1, 0.15) is 0 Å². The van der Waals surface area contributed by atoms with Crippen molar-refractivity contribution in [3.05, 3.63) is 30.1 Å². The van der Waals surface area contributed by atoms with Gasteiger partial charge in [-0.25, -0.2) is 0 Å². The van der Waals surface area contributed by atoms with Crippen LogP contribution in [0.5, 0.6) is 0 Å². The second-order valence-electron chi connectivity index (χ2n) is 8.93. The molecule has 1 amide bonds. The molecule has 1 aromatic heterocycles. The Kier molecular flexibility index (Phi) is 4.04. The number of aromatic nitrogens is 1. The van der Waals surface area contributed by atoms with Crippen LogP contribution in [0.1, 0.15) is 56.6 Å². The van der Waals surface area contributed by atoms with E-state index in [1.165, 1.54) is 44.1 Å². The van der Waals surface area contributed by atoms with Gasteiger partial charge in [0, 0.05) is 24.5 Å². The van der Waals surface area contributed by atoms with Gasteiger partial charge in [-0.15, -0.1) is 0 Å². The van der Waals surface area contributed by atoms with E-state index in [9.17, 15) is 4.79 Å². The van der Waals surface area contributed by atoms with Crippen LogP contribution in [-0.2, 0) is 4.79 Å². The van der Waals surface area contributed by atoms with Gasteiger partial charge in [-0.05, 0) is 92.9 Å². The Balaban J connectivity index is 1.22. The summed E-state index contributed by atoms with van der Waals surface area (Å²) < 4.78 is 0. The minimum absolute atomic E-state index is 0.249. The van der Waals surface area contributed by atoms with Crippen molar-refractivity contribution in [1.29, 1.82) is 0 Å². The molecule has 0 spiro atoms. The first-order chi connectivity index (χ1) is 12.3. The Labute approximate surface area is 150 Å². The lowest BCUT2D eigenvalue weighted by atomic mass is 9.54. The first kappa shape index (κ1) is 15.8. The first-order valence-electron chi connectivity index (χ1n) is 10.2. The molecule has 1 aromatic rings. The smallest absolute Gasteiger partial charge is 0.234 e. The van der Waals surface area contributed by atoms with Crippen molar-refractivity contribution in [2.75, 3.05) is 13.1 Å². The van der Waals surface area contributed by atoms with Crippen LogP contribution in [-0.4, -0.2) is 34.9 Å². The summed E-state index contributed by atoms with van der Waals surface area (Å²) in [6.45, 7) is 1.58. The summed E-state index contributed by atoms with van der Waals surface area (Å²) in [7, 11) is 0. The molecule has 4 saturated carbocycles. The van der Waals surface area contributed by atoms with E-state index >= 15 is 0 Å². The molecular weight excluding hydrogens is 310 g/mol. The highest BCUT2D eigenvalue weighted by Crippen LogP contribution is 2.53. The van der Waals surface area contributed by atoms with Gasteiger partial charge < -0.3 is 5.32 Å². The van der Waals surface area contributed by atoms with E-state index in [-0.39, 0.29) is 5.91 Å². The van der Waals surface area contributed by atoms with Gasteiger partial charge in [-0.2, -0.15) is 0 Å². The third-order valence-corrected chi connectivity index (χ3v) is 7.36. The number of carbonyl (C=O) groups excluding carboxylic acids is 1. The molecule has 4 aliphatic carbocycles. The van der Waals surface area contributed by atoms with Crippen molar-refractivity contribution in [3.8, 4) is 0 Å². The number of hydrogen-bond acceptors (Lipinski definition) is 3. The number of nitrogens with zero attached hydrogens (tertiary/aromatic N) is 2. The molecule has 0 aromatic carbocycles. The lowest BCUT2D eigenvalue weighted by molar-refractivity contribution is -0.126. The molecule has 6 rings (SSSR count). The molecule has 25 heavy (non-hydrogen) atoms. The molecule has 5 aliphatic rings. The SMILES string of the molecule is O=C(CN1CCCC1c1ccncc1)NC1C2CC3CC(C2)CC1C3. The predicted molar refractivity (Wildman–Crippen MR) is 96.8 cm³/mol. The van der Waals surface area contributed by atoms with Crippen molar-refractivity contribution in [3.63, 3.8) is 0 Å². The van der Waals surface area contributed by atoms with Crippen LogP contribution in [0.3, 0.4) is 0 Å². The van der Waals surface area contributed by atoms with Crippen LogP contribution in [0.2, 0.25) is 0 Å². The van der Waals surface area contributed by atoms with E-state index in [1.54, 1.807) is 0 Å². The summed E-state index contributed by atoms with van der Waals surface area (Å²) >= 11 is 0. The van der Waals surface area contributed by atoms with Crippen molar-refractivity contribution in [2.24, 2.45) is 23.7 Å². The average Bonchev–Trinajstić information content (AvgIpc) is 3.06. The van der Waals surface area contributed by atoms with Crippen LogP contribution in [0.4, 0.5) is 0 Å². The normalized spacial score (nSPS) is 39.7. The second kappa shape index (κ2) is 6.39. The highest BCUT2D eigenvalue weighted by atomic mass is 16.2. The Morgan fingerprint density at radius 3 is 2.44 bits per heavy atom. The molecule has 1 aliphatic heterocycles. The minimum atomic E-state index is 0.249. The Bertz CT molecular complexity index is 603. The van der Waals surface area contributed by atoms with Crippen molar-refractivity contribution in [2.45, 2.75) is 57.0 Å². The van der Waals surface area contributed by atoms with Gasteiger partial charge in [0.05, 0.1) is 6.54 Å². The molecule has 1 saturated heterocycles. The molecule has 4 heteroatoms. The Hall–Kier alpha value is -1.42. The topological polar surface area (TPSA) is 45.2 Å². The number of amides is 1. The number of hydrogen-bond donors (Lipinski definition) is 1. The molecule has 0 radical (unpaired) electrons. The fourth-order valence-corrected chi connectivity index (χ4v) is 6.56. The molecule has 2 heterocycles. The third-order valence-electron chi connectivity index (χ3n) is 7.36. The largest absolute Gasteiger partial charge is 0.352 e. The third kappa shape index (κ3) is 2.99. The Morgan fingerprint density at radius 1 is 1.08 bits per heavy atom. The first-order valence-corrected chi connectivity index (χ1v) is 10.2. The van der Waals surface area contributed by atoms with Gasteiger partial charge >= 0.3 is 0 Å². The van der Waals surface area contributed by atoms with E-state index in [4.69, 9.17) is 0 Å². The summed E-state index contributed by atoms with van der Waals surface area (Å²) in [4.78, 5) is 19.3. The van der Waals surface area contributed by atoms with Crippen LogP contribution >= 0.6 is 0 Å². The minimum Gasteiger partial charge on any atom is -0.352 e. The molecule has 134 valence electrons. The van der Waals surface area contributed by atoms with Crippen LogP contribution in [0.25, 0.3) is 0 Å². The summed E-state index contributed by atoms with van der Waals surface area (Å²) in [6, 6.07) is 5.03. The van der Waals surface area contributed by atoms with Gasteiger partial charge in [-0.1, -0.05) is 0 Å². The van der Waals surface area contributed by atoms with Crippen molar-refractivity contribution < 1.29 is 4.79 Å². The van der Waals surface area contributed by atoms with Crippen LogP contribution in [0, 0.1) is 23.7 Å². The monoisotopic (exact) mass is 339 g/mol. The maximum atomic E-state index is 12.8. The van der Waals surface area contributed by atoms with Crippen molar-refractivity contribution in [1.82, 2.24) is 15.2 Å². The number of pyridine rings is 1. The molecular formula is C21H29N3O. The lowest BCUT2D eigenvalue weighted by Crippen LogP contribution is -2.57. The van der Waals surface area contributed by atoms with Gasteiger partial charge in [0.15, 0.2) is 0 Å². The second-order valence-corrected chi connectivity index (χ2v) is 8.93. The van der Waals surface area contributed by atoms with E-state index in [0.717, 1.165) is 36.6 Å². The summed E-state index contributed by atoms with van der Waals surface area (Å²) in [5.74, 6) is 3.69. The molecule has 1 atom stereocenters. The highest BCUT2D eigenvalue weighted by Gasteiger charge is 2.48. The summed E-state index contributed by atoms with van der Waals surface area (Å²) in [6.07, 6.45) is 13.0. The van der Waals surface area contributed by atoms with Crippen LogP contribution in [0.15, 0.2) is 24.5 Å². The molecule has 1 N–H and O–H groups in total. The zero-order valence-electron chi connectivity index (χ0n) is 14.9. The quantitative estimate of drug-likeness (QED) is 0.916. The average molecular weight is 339 g/mol. The predicted octanol–water partition coefficient (Wildman–Crippen LogP) is 3.16. The van der Waals surface area contributed by atoms with E-state index in [0.29, 0.717) is 18.6 Å². The number of rotatable bonds is 4. The molecule has 1 unspecified atom stereocenters. The van der Waals surface area contributed by atoms with E-state index in [1.807, 2.05) is 12.4 Å². The zero-order valence-corrected chi connectivity index (χ0v) is 14.9. The van der Waals surface area contributed by atoms with Crippen molar-refractivity contribution >= 4 is 5.91 Å². The Morgan fingerprint density at radius 2 is 1.76 bits per heavy atom. The standard InChI is InChI=1S/C21H29N3O/c25-20(13-24-7-1-2-19(24)16-3-5-22-6-4-16)23-21-17-9-14-8-15(11-17)12-18(21)10-14/h3-6,14-15,17-19,21H,1-2,7-13H2,(H,23,25).